The normalized spacial score (nSPS) is 19.4. The number of likely N-dealkylation sites (tertiary alicyclic amines) is 1. The summed E-state index contributed by atoms with van der Waals surface area (Å²) in [5.41, 5.74) is 6.12. The largest absolute Gasteiger partial charge is 0.369 e. The van der Waals surface area contributed by atoms with E-state index in [1.54, 1.807) is 0 Å². The zero-order valence-corrected chi connectivity index (χ0v) is 12.4. The molecule has 0 radical (unpaired) electrons. The maximum Gasteiger partial charge on any atom is 0.321 e. The Labute approximate surface area is 128 Å². The second kappa shape index (κ2) is 7.04. The smallest absolute Gasteiger partial charge is 0.321 e. The van der Waals surface area contributed by atoms with Crippen molar-refractivity contribution in [1.82, 2.24) is 15.5 Å². The van der Waals surface area contributed by atoms with Gasteiger partial charge in [-0.1, -0.05) is 30.3 Å². The van der Waals surface area contributed by atoms with Crippen LogP contribution in [0.5, 0.6) is 0 Å². The lowest BCUT2D eigenvalue weighted by Gasteiger charge is -2.26. The molecular formula is C15H20N4O3. The molecule has 22 heavy (non-hydrogen) atoms. The number of benzene rings is 1. The van der Waals surface area contributed by atoms with Gasteiger partial charge in [0, 0.05) is 20.1 Å². The SMILES string of the molecule is CNC(=O)NC(=O)[C@@H](c1ccccc1)N1CC[C@@H](C(N)=O)C1. The number of amides is 4. The van der Waals surface area contributed by atoms with E-state index in [0.29, 0.717) is 19.5 Å². The number of nitrogens with two attached hydrogens (primary N) is 1. The highest BCUT2D eigenvalue weighted by Crippen LogP contribution is 2.27. The molecule has 0 unspecified atom stereocenters. The van der Waals surface area contributed by atoms with Crippen molar-refractivity contribution in [2.24, 2.45) is 11.7 Å². The van der Waals surface area contributed by atoms with Crippen molar-refractivity contribution in [2.45, 2.75) is 12.5 Å². The lowest BCUT2D eigenvalue weighted by Crippen LogP contribution is -2.45. The van der Waals surface area contributed by atoms with Gasteiger partial charge in [0.15, 0.2) is 0 Å². The van der Waals surface area contributed by atoms with Gasteiger partial charge in [0.2, 0.25) is 11.8 Å². The van der Waals surface area contributed by atoms with E-state index in [9.17, 15) is 14.4 Å². The van der Waals surface area contributed by atoms with Gasteiger partial charge in [-0.15, -0.1) is 0 Å². The molecule has 0 aromatic heterocycles. The first-order chi connectivity index (χ1) is 10.5. The zero-order chi connectivity index (χ0) is 16.1. The molecule has 4 amide bonds. The molecule has 0 aliphatic carbocycles. The average Bonchev–Trinajstić information content (AvgIpc) is 2.98. The number of imide groups is 1. The molecule has 1 saturated heterocycles. The Balaban J connectivity index is 2.21. The standard InChI is InChI=1S/C15H20N4O3/c1-17-15(22)18-14(21)12(10-5-3-2-4-6-10)19-8-7-11(9-19)13(16)20/h2-6,11-12H,7-9H2,1H3,(H2,16,20)(H2,17,18,21,22)/t11-,12-/m1/s1. The van der Waals surface area contributed by atoms with Gasteiger partial charge >= 0.3 is 6.03 Å². The number of urea groups is 1. The monoisotopic (exact) mass is 304 g/mol. The Kier molecular flexibility index (Phi) is 5.11. The van der Waals surface area contributed by atoms with Crippen LogP contribution in [0.25, 0.3) is 0 Å². The van der Waals surface area contributed by atoms with Crippen molar-refractivity contribution < 1.29 is 14.4 Å². The second-order valence-corrected chi connectivity index (χ2v) is 5.26. The molecule has 118 valence electrons. The first kappa shape index (κ1) is 16.0. The molecule has 1 aliphatic rings. The summed E-state index contributed by atoms with van der Waals surface area (Å²) in [6.07, 6.45) is 0.617. The van der Waals surface area contributed by atoms with E-state index in [2.05, 4.69) is 10.6 Å². The van der Waals surface area contributed by atoms with Gasteiger partial charge in [0.1, 0.15) is 6.04 Å². The summed E-state index contributed by atoms with van der Waals surface area (Å²) in [4.78, 5) is 37.1. The van der Waals surface area contributed by atoms with E-state index in [4.69, 9.17) is 5.73 Å². The van der Waals surface area contributed by atoms with Gasteiger partial charge in [-0.3, -0.25) is 19.8 Å². The van der Waals surface area contributed by atoms with E-state index in [0.717, 1.165) is 5.56 Å². The molecule has 1 aromatic rings. The molecular weight excluding hydrogens is 284 g/mol. The molecule has 0 spiro atoms. The molecule has 1 aromatic carbocycles. The number of primary amides is 1. The van der Waals surface area contributed by atoms with Crippen LogP contribution < -0.4 is 16.4 Å². The van der Waals surface area contributed by atoms with E-state index in [1.807, 2.05) is 35.2 Å². The Morgan fingerprint density at radius 1 is 1.27 bits per heavy atom. The zero-order valence-electron chi connectivity index (χ0n) is 12.4. The van der Waals surface area contributed by atoms with Crippen LogP contribution >= 0.6 is 0 Å². The number of carbonyl (C=O) groups excluding carboxylic acids is 3. The number of nitrogens with one attached hydrogen (secondary N) is 2. The van der Waals surface area contributed by atoms with Crippen LogP contribution in [-0.4, -0.2) is 42.9 Å². The molecule has 2 atom stereocenters. The third kappa shape index (κ3) is 3.62. The predicted octanol–water partition coefficient (Wildman–Crippen LogP) is -0.00950. The maximum atomic E-state index is 12.4. The average molecular weight is 304 g/mol. The van der Waals surface area contributed by atoms with Crippen molar-refractivity contribution in [3.63, 3.8) is 0 Å². The number of hydrogen-bond acceptors (Lipinski definition) is 4. The fourth-order valence-corrected chi connectivity index (χ4v) is 2.66. The van der Waals surface area contributed by atoms with Crippen molar-refractivity contribution in [3.8, 4) is 0 Å². The second-order valence-electron chi connectivity index (χ2n) is 5.26. The first-order valence-corrected chi connectivity index (χ1v) is 7.13. The van der Waals surface area contributed by atoms with Gasteiger partial charge in [-0.25, -0.2) is 4.79 Å². The van der Waals surface area contributed by atoms with Crippen molar-refractivity contribution in [3.05, 3.63) is 35.9 Å². The van der Waals surface area contributed by atoms with Gasteiger partial charge in [0.05, 0.1) is 5.92 Å². The molecule has 4 N–H and O–H groups in total. The minimum absolute atomic E-state index is 0.265. The molecule has 7 nitrogen and oxygen atoms in total. The fourth-order valence-electron chi connectivity index (χ4n) is 2.66. The Hall–Kier alpha value is -2.41. The summed E-state index contributed by atoms with van der Waals surface area (Å²) >= 11 is 0. The molecule has 0 saturated carbocycles. The van der Waals surface area contributed by atoms with Crippen LogP contribution in [-0.2, 0) is 9.59 Å². The van der Waals surface area contributed by atoms with E-state index in [-0.39, 0.29) is 11.8 Å². The fraction of sp³-hybridized carbons (Fsp3) is 0.400. The molecule has 1 aliphatic heterocycles. The summed E-state index contributed by atoms with van der Waals surface area (Å²) in [5.74, 6) is -1.05. The third-order valence-corrected chi connectivity index (χ3v) is 3.81. The Morgan fingerprint density at radius 3 is 2.50 bits per heavy atom. The number of carbonyl (C=O) groups is 3. The van der Waals surface area contributed by atoms with Crippen LogP contribution in [0.2, 0.25) is 0 Å². The molecule has 2 rings (SSSR count). The summed E-state index contributed by atoms with van der Waals surface area (Å²) in [6.45, 7) is 0.990. The summed E-state index contributed by atoms with van der Waals surface area (Å²) in [7, 11) is 1.44. The van der Waals surface area contributed by atoms with Crippen molar-refractivity contribution in [1.29, 1.82) is 0 Å². The van der Waals surface area contributed by atoms with Gasteiger partial charge in [-0.05, 0) is 12.0 Å². The van der Waals surface area contributed by atoms with E-state index < -0.39 is 18.0 Å². The Bertz CT molecular complexity index is 561. The van der Waals surface area contributed by atoms with Crippen LogP contribution in [0.15, 0.2) is 30.3 Å². The minimum Gasteiger partial charge on any atom is -0.369 e. The summed E-state index contributed by atoms with van der Waals surface area (Å²) in [5, 5.41) is 4.66. The van der Waals surface area contributed by atoms with Crippen LogP contribution in [0, 0.1) is 5.92 Å². The summed E-state index contributed by atoms with van der Waals surface area (Å²) < 4.78 is 0. The molecule has 1 fully saturated rings. The number of hydrogen-bond donors (Lipinski definition) is 3. The van der Waals surface area contributed by atoms with Crippen LogP contribution in [0.3, 0.4) is 0 Å². The number of rotatable bonds is 4. The van der Waals surface area contributed by atoms with Crippen molar-refractivity contribution in [2.75, 3.05) is 20.1 Å². The Morgan fingerprint density at radius 2 is 1.95 bits per heavy atom. The highest BCUT2D eigenvalue weighted by molar-refractivity contribution is 5.97. The molecule has 1 heterocycles. The number of nitrogens with zero attached hydrogens (tertiary/aromatic N) is 1. The van der Waals surface area contributed by atoms with E-state index in [1.165, 1.54) is 7.05 Å². The van der Waals surface area contributed by atoms with Crippen LogP contribution in [0.4, 0.5) is 4.79 Å². The van der Waals surface area contributed by atoms with Crippen molar-refractivity contribution >= 4 is 17.8 Å². The lowest BCUT2D eigenvalue weighted by molar-refractivity contribution is -0.126. The maximum absolute atomic E-state index is 12.4. The highest BCUT2D eigenvalue weighted by atomic mass is 16.2. The molecule has 7 heteroatoms. The molecule has 0 bridgehead atoms. The van der Waals surface area contributed by atoms with Crippen LogP contribution in [0.1, 0.15) is 18.0 Å². The third-order valence-electron chi connectivity index (χ3n) is 3.81. The topological polar surface area (TPSA) is 105 Å². The predicted molar refractivity (Wildman–Crippen MR) is 80.7 cm³/mol. The van der Waals surface area contributed by atoms with E-state index >= 15 is 0 Å². The highest BCUT2D eigenvalue weighted by Gasteiger charge is 2.35. The lowest BCUT2D eigenvalue weighted by atomic mass is 10.0. The summed E-state index contributed by atoms with van der Waals surface area (Å²) in [6, 6.07) is 7.98. The first-order valence-electron chi connectivity index (χ1n) is 7.13. The quantitative estimate of drug-likeness (QED) is 0.727. The van der Waals surface area contributed by atoms with Gasteiger partial charge < -0.3 is 11.1 Å². The van der Waals surface area contributed by atoms with Gasteiger partial charge in [-0.2, -0.15) is 0 Å². The van der Waals surface area contributed by atoms with Gasteiger partial charge in [0.25, 0.3) is 0 Å². The minimum atomic E-state index is -0.622.